The first-order valence-corrected chi connectivity index (χ1v) is 4.93. The Balaban J connectivity index is 3.88. The van der Waals surface area contributed by atoms with Crippen LogP contribution in [0.1, 0.15) is 0 Å². The lowest BCUT2D eigenvalue weighted by Gasteiger charge is -2.13. The fraction of sp³-hybridized carbons (Fsp3) is 0.375. The van der Waals surface area contributed by atoms with Gasteiger partial charge in [0.2, 0.25) is 0 Å². The maximum absolute atomic E-state index is 10.7. The van der Waals surface area contributed by atoms with Gasteiger partial charge < -0.3 is 9.63 Å². The van der Waals surface area contributed by atoms with Gasteiger partial charge in [-0.05, 0) is 0 Å². The van der Waals surface area contributed by atoms with Crippen molar-refractivity contribution in [3.8, 4) is 0 Å². The van der Waals surface area contributed by atoms with E-state index in [1.165, 1.54) is 12.2 Å². The molecule has 5 nitrogen and oxygen atoms in total. The second-order valence-corrected chi connectivity index (χ2v) is 3.16. The van der Waals surface area contributed by atoms with Crippen LogP contribution < -0.4 is 0 Å². The summed E-state index contributed by atoms with van der Waals surface area (Å²) in [6.45, 7) is 6.58. The van der Waals surface area contributed by atoms with Gasteiger partial charge in [0.1, 0.15) is 6.61 Å². The van der Waals surface area contributed by atoms with E-state index in [2.05, 4.69) is 17.7 Å². The normalized spacial score (nSPS) is 9.86. The van der Waals surface area contributed by atoms with Gasteiger partial charge in [0.05, 0.1) is 13.2 Å². The molecule has 80 valence electrons. The zero-order valence-electron chi connectivity index (χ0n) is 7.72. The Morgan fingerprint density at radius 3 is 2.14 bits per heavy atom. The predicted molar refractivity (Wildman–Crippen MR) is 52.4 cm³/mol. The number of carbonyl (C=O) groups excluding carboxylic acids is 1. The summed E-state index contributed by atoms with van der Waals surface area (Å²) in [7, 11) is -1.77. The molecule has 0 aliphatic heterocycles. The zero-order valence-corrected chi connectivity index (χ0v) is 8.61. The van der Waals surface area contributed by atoms with Crippen molar-refractivity contribution in [1.82, 2.24) is 0 Å². The maximum atomic E-state index is 10.7. The molecule has 0 radical (unpaired) electrons. The van der Waals surface area contributed by atoms with Crippen molar-refractivity contribution in [3.05, 3.63) is 25.3 Å². The van der Waals surface area contributed by atoms with E-state index in [-0.39, 0.29) is 13.2 Å². The minimum Gasteiger partial charge on any atom is -0.392 e. The Labute approximate surface area is 84.0 Å². The molecule has 0 saturated heterocycles. The number of hydrogen-bond acceptors (Lipinski definition) is 5. The van der Waals surface area contributed by atoms with Crippen LogP contribution >= 0.6 is 8.60 Å². The molecule has 1 N–H and O–H groups in total. The molecule has 0 amide bonds. The molecule has 0 rings (SSSR count). The van der Waals surface area contributed by atoms with Crippen molar-refractivity contribution in [2.24, 2.45) is 0 Å². The van der Waals surface area contributed by atoms with E-state index >= 15 is 0 Å². The smallest absolute Gasteiger partial charge is 0.392 e. The fourth-order valence-corrected chi connectivity index (χ4v) is 1.29. The molecule has 0 aliphatic rings. The summed E-state index contributed by atoms with van der Waals surface area (Å²) >= 11 is 0. The van der Waals surface area contributed by atoms with Crippen LogP contribution in [0.4, 0.5) is 0 Å². The monoisotopic (exact) mass is 220 g/mol. The molecule has 0 fully saturated rings. The van der Waals surface area contributed by atoms with E-state index in [1.807, 2.05) is 0 Å². The van der Waals surface area contributed by atoms with Crippen LogP contribution in [0, 0.1) is 0 Å². The van der Waals surface area contributed by atoms with E-state index < -0.39 is 21.2 Å². The highest BCUT2D eigenvalue weighted by Gasteiger charge is 2.16. The lowest BCUT2D eigenvalue weighted by molar-refractivity contribution is -0.138. The van der Waals surface area contributed by atoms with E-state index in [0.717, 1.165) is 0 Å². The van der Waals surface area contributed by atoms with Gasteiger partial charge in [0, 0.05) is 0 Å². The molecule has 0 saturated carbocycles. The Kier molecular flexibility index (Phi) is 8.37. The van der Waals surface area contributed by atoms with Crippen LogP contribution in [0.5, 0.6) is 0 Å². The first-order chi connectivity index (χ1) is 6.74. The van der Waals surface area contributed by atoms with Crippen LogP contribution in [0.2, 0.25) is 0 Å². The SMILES string of the molecule is C=CCOP(OCC=C)OC(=O)CO. The van der Waals surface area contributed by atoms with Gasteiger partial charge >= 0.3 is 14.6 Å². The molecule has 0 aliphatic carbocycles. The number of rotatable bonds is 8. The number of hydrogen-bond donors (Lipinski definition) is 1. The van der Waals surface area contributed by atoms with E-state index in [9.17, 15) is 4.79 Å². The van der Waals surface area contributed by atoms with Gasteiger partial charge in [0.25, 0.3) is 0 Å². The highest BCUT2D eigenvalue weighted by atomic mass is 31.2. The third kappa shape index (κ3) is 6.74. The quantitative estimate of drug-likeness (QED) is 0.491. The topological polar surface area (TPSA) is 65.0 Å². The Hall–Kier alpha value is -0.740. The van der Waals surface area contributed by atoms with Gasteiger partial charge in [-0.25, -0.2) is 4.79 Å². The maximum Gasteiger partial charge on any atom is 0.400 e. The molecule has 0 atom stereocenters. The van der Waals surface area contributed by atoms with Gasteiger partial charge in [0.15, 0.2) is 0 Å². The highest BCUT2D eigenvalue weighted by molar-refractivity contribution is 7.42. The van der Waals surface area contributed by atoms with E-state index in [4.69, 9.17) is 14.2 Å². The molecule has 0 bridgehead atoms. The minimum atomic E-state index is -1.77. The summed E-state index contributed by atoms with van der Waals surface area (Å²) in [6.07, 6.45) is 3.00. The summed E-state index contributed by atoms with van der Waals surface area (Å²) in [5.74, 6) is -0.788. The van der Waals surface area contributed by atoms with Crippen LogP contribution in [-0.4, -0.2) is 30.9 Å². The lowest BCUT2D eigenvalue weighted by atomic mass is 10.7. The van der Waals surface area contributed by atoms with Gasteiger partial charge in [-0.3, -0.25) is 9.05 Å². The molecule has 0 heterocycles. The molecule has 0 unspecified atom stereocenters. The first kappa shape index (κ1) is 13.3. The molecule has 0 aromatic carbocycles. The minimum absolute atomic E-state index is 0.210. The third-order valence-electron chi connectivity index (χ3n) is 0.901. The highest BCUT2D eigenvalue weighted by Crippen LogP contribution is 2.39. The standard InChI is InChI=1S/C8H13O5P/c1-3-5-11-14(12-6-4-2)13-8(10)7-9/h3-4,9H,1-2,5-7H2. The number of carbonyl (C=O) groups is 1. The van der Waals surface area contributed by atoms with E-state index in [1.54, 1.807) is 0 Å². The number of aliphatic hydroxyl groups is 1. The molecule has 0 aromatic rings. The van der Waals surface area contributed by atoms with Crippen molar-refractivity contribution in [2.75, 3.05) is 19.8 Å². The van der Waals surface area contributed by atoms with Gasteiger partial charge in [-0.15, -0.1) is 13.2 Å². The lowest BCUT2D eigenvalue weighted by Crippen LogP contribution is -2.08. The second kappa shape index (κ2) is 8.84. The van der Waals surface area contributed by atoms with Crippen molar-refractivity contribution in [1.29, 1.82) is 0 Å². The van der Waals surface area contributed by atoms with E-state index in [0.29, 0.717) is 0 Å². The second-order valence-electron chi connectivity index (χ2n) is 2.01. The van der Waals surface area contributed by atoms with Crippen LogP contribution in [0.25, 0.3) is 0 Å². The summed E-state index contributed by atoms with van der Waals surface area (Å²) in [5.41, 5.74) is 0. The first-order valence-electron chi connectivity index (χ1n) is 3.84. The average Bonchev–Trinajstić information content (AvgIpc) is 2.21. The molecule has 0 spiro atoms. The Bertz CT molecular complexity index is 182. The molecule has 6 heteroatoms. The van der Waals surface area contributed by atoms with Crippen molar-refractivity contribution >= 4 is 14.6 Å². The molecular formula is C8H13O5P. The van der Waals surface area contributed by atoms with Crippen molar-refractivity contribution in [3.63, 3.8) is 0 Å². The zero-order chi connectivity index (χ0) is 10.8. The van der Waals surface area contributed by atoms with Crippen LogP contribution in [-0.2, 0) is 18.4 Å². The molecular weight excluding hydrogens is 207 g/mol. The van der Waals surface area contributed by atoms with Crippen LogP contribution in [0.15, 0.2) is 25.3 Å². The average molecular weight is 220 g/mol. The predicted octanol–water partition coefficient (Wildman–Crippen LogP) is 1.15. The summed E-state index contributed by atoms with van der Waals surface area (Å²) in [6, 6.07) is 0. The van der Waals surface area contributed by atoms with Gasteiger partial charge in [-0.2, -0.15) is 0 Å². The Morgan fingerprint density at radius 1 is 1.29 bits per heavy atom. The third-order valence-corrected chi connectivity index (χ3v) is 1.97. The number of aliphatic hydroxyl groups excluding tert-OH is 1. The van der Waals surface area contributed by atoms with Crippen molar-refractivity contribution < 1.29 is 23.5 Å². The van der Waals surface area contributed by atoms with Crippen LogP contribution in [0.3, 0.4) is 0 Å². The summed E-state index contributed by atoms with van der Waals surface area (Å²) in [4.78, 5) is 10.7. The largest absolute Gasteiger partial charge is 0.400 e. The van der Waals surface area contributed by atoms with Crippen molar-refractivity contribution in [2.45, 2.75) is 0 Å². The Morgan fingerprint density at radius 2 is 1.79 bits per heavy atom. The van der Waals surface area contributed by atoms with Gasteiger partial charge in [-0.1, -0.05) is 12.2 Å². The molecule has 0 aromatic heterocycles. The summed E-state index contributed by atoms with van der Waals surface area (Å²) < 4.78 is 14.6. The summed E-state index contributed by atoms with van der Waals surface area (Å²) in [5, 5.41) is 8.42. The molecule has 14 heavy (non-hydrogen) atoms. The fourth-order valence-electron chi connectivity index (χ4n) is 0.429.